The number of rotatable bonds is 5. The Labute approximate surface area is 197 Å². The second kappa shape index (κ2) is 8.88. The van der Waals surface area contributed by atoms with Crippen LogP contribution in [0.15, 0.2) is 29.7 Å². The maximum Gasteiger partial charge on any atom is 0.336 e. The van der Waals surface area contributed by atoms with Crippen molar-refractivity contribution in [3.8, 4) is 5.82 Å². The van der Waals surface area contributed by atoms with Crippen LogP contribution < -0.4 is 0 Å². The van der Waals surface area contributed by atoms with Crippen molar-refractivity contribution in [3.05, 3.63) is 41.0 Å². The molecule has 5 rings (SSSR count). The lowest BCUT2D eigenvalue weighted by Gasteiger charge is -2.46. The number of piperidine rings is 2. The zero-order valence-corrected chi connectivity index (χ0v) is 19.5. The van der Waals surface area contributed by atoms with Crippen molar-refractivity contribution in [3.63, 3.8) is 0 Å². The number of β-amino-alcohol motifs (C(OH)–C–C–N with tert-alkyl or cyclic N) is 1. The minimum Gasteiger partial charge on any atom is -0.456 e. The highest BCUT2D eigenvalue weighted by Crippen LogP contribution is 2.43. The highest BCUT2D eigenvalue weighted by atomic mass is 16.5. The first-order chi connectivity index (χ1) is 16.3. The van der Waals surface area contributed by atoms with E-state index in [1.807, 2.05) is 13.0 Å². The monoisotopic (exact) mass is 467 g/mol. The maximum absolute atomic E-state index is 13.0. The Morgan fingerprint density at radius 2 is 1.91 bits per heavy atom. The molecular formula is C23H29N7O4. The number of likely N-dealkylation sites (tertiary alicyclic amines) is 2. The van der Waals surface area contributed by atoms with Crippen molar-refractivity contribution in [2.24, 2.45) is 5.41 Å². The van der Waals surface area contributed by atoms with E-state index >= 15 is 0 Å². The van der Waals surface area contributed by atoms with E-state index in [9.17, 15) is 14.7 Å². The molecule has 0 saturated carbocycles. The lowest BCUT2D eigenvalue weighted by molar-refractivity contribution is -0.139. The summed E-state index contributed by atoms with van der Waals surface area (Å²) in [6.07, 6.45) is 4.08. The van der Waals surface area contributed by atoms with Gasteiger partial charge in [0.1, 0.15) is 12.9 Å². The van der Waals surface area contributed by atoms with Crippen molar-refractivity contribution in [2.45, 2.75) is 45.6 Å². The number of nitrogens with zero attached hydrogens (tertiary/aromatic N) is 7. The van der Waals surface area contributed by atoms with Gasteiger partial charge in [-0.1, -0.05) is 6.07 Å². The first kappa shape index (κ1) is 22.6. The van der Waals surface area contributed by atoms with Gasteiger partial charge in [0.15, 0.2) is 5.82 Å². The average molecular weight is 468 g/mol. The molecule has 1 atom stereocenters. The van der Waals surface area contributed by atoms with Gasteiger partial charge in [-0.2, -0.15) is 4.68 Å². The van der Waals surface area contributed by atoms with Crippen LogP contribution in [0, 0.1) is 12.3 Å². The van der Waals surface area contributed by atoms with E-state index in [4.69, 9.17) is 4.74 Å². The zero-order chi connectivity index (χ0) is 23.9. The van der Waals surface area contributed by atoms with Gasteiger partial charge in [0.05, 0.1) is 17.4 Å². The fourth-order valence-corrected chi connectivity index (χ4v) is 5.30. The van der Waals surface area contributed by atoms with Crippen molar-refractivity contribution in [2.75, 3.05) is 32.8 Å². The molecule has 2 aromatic rings. The van der Waals surface area contributed by atoms with Gasteiger partial charge in [-0.15, -0.1) is 5.10 Å². The van der Waals surface area contributed by atoms with Crippen molar-refractivity contribution in [1.82, 2.24) is 35.0 Å². The molecule has 0 radical (unpaired) electrons. The van der Waals surface area contributed by atoms with Gasteiger partial charge in [-0.05, 0) is 68.1 Å². The molecule has 180 valence electrons. The molecule has 3 aliphatic heterocycles. The number of aliphatic hydroxyl groups is 1. The van der Waals surface area contributed by atoms with Gasteiger partial charge in [0, 0.05) is 30.8 Å². The summed E-state index contributed by atoms with van der Waals surface area (Å²) in [5, 5.41) is 22.0. The van der Waals surface area contributed by atoms with Crippen LogP contribution in [0.1, 0.15) is 50.0 Å². The third kappa shape index (κ3) is 4.21. The molecule has 0 unspecified atom stereocenters. The number of aromatic nitrogens is 5. The fourth-order valence-electron chi connectivity index (χ4n) is 5.30. The largest absolute Gasteiger partial charge is 0.456 e. The average Bonchev–Trinajstić information content (AvgIpc) is 3.47. The minimum absolute atomic E-state index is 0.00206. The summed E-state index contributed by atoms with van der Waals surface area (Å²) in [6, 6.07) is 3.67. The summed E-state index contributed by atoms with van der Waals surface area (Å²) in [5.74, 6) is 0.357. The third-order valence-corrected chi connectivity index (χ3v) is 7.50. The molecule has 2 fully saturated rings. The quantitative estimate of drug-likeness (QED) is 0.639. The molecule has 3 aliphatic rings. The van der Waals surface area contributed by atoms with E-state index in [0.717, 1.165) is 49.3 Å². The van der Waals surface area contributed by atoms with Crippen LogP contribution >= 0.6 is 0 Å². The number of hydrogen-bond donors (Lipinski definition) is 1. The van der Waals surface area contributed by atoms with Crippen LogP contribution in [0.5, 0.6) is 0 Å². The van der Waals surface area contributed by atoms with Gasteiger partial charge in [-0.3, -0.25) is 4.79 Å². The highest BCUT2D eigenvalue weighted by Gasteiger charge is 2.43. The summed E-state index contributed by atoms with van der Waals surface area (Å²) < 4.78 is 6.57. The predicted molar refractivity (Wildman–Crippen MR) is 119 cm³/mol. The Morgan fingerprint density at radius 1 is 1.15 bits per heavy atom. The number of cyclic esters (lactones) is 1. The number of aryl methyl sites for hydroxylation is 1. The number of tetrazole rings is 1. The minimum atomic E-state index is -0.650. The Hall–Kier alpha value is -3.18. The first-order valence-electron chi connectivity index (χ1n) is 11.6. The first-order valence-corrected chi connectivity index (χ1v) is 11.6. The third-order valence-electron chi connectivity index (χ3n) is 7.50. The Balaban J connectivity index is 1.17. The van der Waals surface area contributed by atoms with E-state index < -0.39 is 6.10 Å². The Kier molecular flexibility index (Phi) is 5.90. The molecule has 5 heterocycles. The summed E-state index contributed by atoms with van der Waals surface area (Å²) in [6.45, 7) is 6.61. The summed E-state index contributed by atoms with van der Waals surface area (Å²) >= 11 is 0. The fraction of sp³-hybridized carbons (Fsp3) is 0.565. The predicted octanol–water partition coefficient (Wildman–Crippen LogP) is 0.935. The van der Waals surface area contributed by atoms with Crippen molar-refractivity contribution < 1.29 is 19.4 Å². The summed E-state index contributed by atoms with van der Waals surface area (Å²) in [5.41, 5.74) is 2.80. The van der Waals surface area contributed by atoms with Crippen LogP contribution in [-0.4, -0.2) is 84.8 Å². The van der Waals surface area contributed by atoms with Gasteiger partial charge in [0.2, 0.25) is 5.91 Å². The number of ether oxygens (including phenoxy) is 1. The standard InChI is InChI=1S/C23H29N7O4/c1-15-18(13-34-22(15)33)29-10-7-23(11-21(29)32)5-8-28(9-6-23)12-19(31)17-3-4-20(25-16(17)2)30-14-24-26-27-30/h3-4,14,19,31H,5-13H2,1-2H3/t19-/m1/s1. The molecule has 2 aromatic heterocycles. The molecular weight excluding hydrogens is 438 g/mol. The second-order valence-corrected chi connectivity index (χ2v) is 9.53. The molecule has 0 bridgehead atoms. The molecule has 1 spiro atoms. The van der Waals surface area contributed by atoms with E-state index in [0.29, 0.717) is 30.9 Å². The van der Waals surface area contributed by atoms with E-state index in [-0.39, 0.29) is 23.9 Å². The van der Waals surface area contributed by atoms with Crippen LogP contribution in [0.3, 0.4) is 0 Å². The van der Waals surface area contributed by atoms with Gasteiger partial charge in [-0.25, -0.2) is 9.78 Å². The number of carbonyl (C=O) groups is 2. The number of esters is 1. The maximum atomic E-state index is 13.0. The van der Waals surface area contributed by atoms with Crippen molar-refractivity contribution in [1.29, 1.82) is 0 Å². The number of pyridine rings is 1. The molecule has 0 aliphatic carbocycles. The molecule has 34 heavy (non-hydrogen) atoms. The SMILES string of the molecule is CC1=C(N2CCC3(CCN(C[C@@H](O)c4ccc(-n5cnnn5)nc4C)CC3)CC2=O)COC1=O. The van der Waals surface area contributed by atoms with Gasteiger partial charge >= 0.3 is 5.97 Å². The van der Waals surface area contributed by atoms with Crippen LogP contribution in [-0.2, 0) is 14.3 Å². The van der Waals surface area contributed by atoms with E-state index in [1.54, 1.807) is 17.9 Å². The molecule has 1 amide bonds. The van der Waals surface area contributed by atoms with Crippen LogP contribution in [0.25, 0.3) is 5.82 Å². The number of amides is 1. The summed E-state index contributed by atoms with van der Waals surface area (Å²) in [7, 11) is 0. The van der Waals surface area contributed by atoms with Crippen LogP contribution in [0.2, 0.25) is 0 Å². The number of hydrogen-bond acceptors (Lipinski definition) is 9. The number of carbonyl (C=O) groups excluding carboxylic acids is 2. The molecule has 11 heteroatoms. The molecule has 2 saturated heterocycles. The number of aliphatic hydroxyl groups excluding tert-OH is 1. The molecule has 1 N–H and O–H groups in total. The topological polar surface area (TPSA) is 127 Å². The normalized spacial score (nSPS) is 21.9. The summed E-state index contributed by atoms with van der Waals surface area (Å²) in [4.78, 5) is 33.2. The Morgan fingerprint density at radius 3 is 2.53 bits per heavy atom. The molecule has 11 nitrogen and oxygen atoms in total. The van der Waals surface area contributed by atoms with E-state index in [2.05, 4.69) is 25.4 Å². The van der Waals surface area contributed by atoms with Crippen LogP contribution in [0.4, 0.5) is 0 Å². The van der Waals surface area contributed by atoms with Crippen molar-refractivity contribution >= 4 is 11.9 Å². The lowest BCUT2D eigenvalue weighted by atomic mass is 9.70. The Bertz CT molecular complexity index is 1120. The lowest BCUT2D eigenvalue weighted by Crippen LogP contribution is -2.49. The van der Waals surface area contributed by atoms with E-state index in [1.165, 1.54) is 11.0 Å². The molecule has 0 aromatic carbocycles. The zero-order valence-electron chi connectivity index (χ0n) is 19.5. The van der Waals surface area contributed by atoms with Gasteiger partial charge < -0.3 is 19.6 Å². The smallest absolute Gasteiger partial charge is 0.336 e. The van der Waals surface area contributed by atoms with Gasteiger partial charge in [0.25, 0.3) is 0 Å². The second-order valence-electron chi connectivity index (χ2n) is 9.53. The highest BCUT2D eigenvalue weighted by molar-refractivity contribution is 5.92.